The Kier molecular flexibility index (Phi) is 6.03. The number of hydrogen-bond donors (Lipinski definition) is 0. The van der Waals surface area contributed by atoms with Crippen molar-refractivity contribution in [3.05, 3.63) is 63.3 Å². The van der Waals surface area contributed by atoms with E-state index in [1.807, 2.05) is 38.1 Å². The van der Waals surface area contributed by atoms with Gasteiger partial charge in [0.15, 0.2) is 5.78 Å². The topological polar surface area (TPSA) is 64.3 Å². The average Bonchev–Trinajstić information content (AvgIpc) is 3.04. The van der Waals surface area contributed by atoms with Gasteiger partial charge in [-0.3, -0.25) is 9.59 Å². The zero-order valence-corrected chi connectivity index (χ0v) is 21.7. The first-order valence-corrected chi connectivity index (χ1v) is 12.6. The molecule has 4 rings (SSSR count). The third-order valence-electron chi connectivity index (χ3n) is 9.52. The van der Waals surface area contributed by atoms with Crippen LogP contribution < -0.4 is 5.63 Å². The monoisotopic (exact) mass is 462 g/mol. The van der Waals surface area contributed by atoms with E-state index in [-0.39, 0.29) is 33.6 Å². The van der Waals surface area contributed by atoms with E-state index in [2.05, 4.69) is 27.7 Å². The highest BCUT2D eigenvalue weighted by molar-refractivity contribution is 6.01. The van der Waals surface area contributed by atoms with Crippen LogP contribution in [-0.2, 0) is 9.59 Å². The molecule has 34 heavy (non-hydrogen) atoms. The maximum Gasteiger partial charge on any atom is 0.339 e. The summed E-state index contributed by atoms with van der Waals surface area (Å²) in [6.07, 6.45) is 9.90. The van der Waals surface area contributed by atoms with E-state index < -0.39 is 0 Å². The number of carbonyl (C=O) groups is 2. The van der Waals surface area contributed by atoms with E-state index in [9.17, 15) is 14.4 Å². The summed E-state index contributed by atoms with van der Waals surface area (Å²) in [5.41, 5.74) is 2.64. The van der Waals surface area contributed by atoms with Crippen LogP contribution in [0, 0.1) is 35.0 Å². The summed E-state index contributed by atoms with van der Waals surface area (Å²) in [6, 6.07) is 3.58. The molecule has 182 valence electrons. The minimum atomic E-state index is -0.320. The molecule has 0 radical (unpaired) electrons. The molecule has 3 fully saturated rings. The highest BCUT2D eigenvalue weighted by Crippen LogP contribution is 2.68. The predicted molar refractivity (Wildman–Crippen MR) is 135 cm³/mol. The van der Waals surface area contributed by atoms with Crippen LogP contribution in [0.1, 0.15) is 85.0 Å². The normalized spacial score (nSPS) is 34.9. The molecule has 0 bridgehead atoms. The first kappa shape index (κ1) is 24.6. The highest BCUT2D eigenvalue weighted by Gasteiger charge is 2.64. The summed E-state index contributed by atoms with van der Waals surface area (Å²) in [4.78, 5) is 37.9. The van der Waals surface area contributed by atoms with Crippen molar-refractivity contribution in [1.29, 1.82) is 0 Å². The van der Waals surface area contributed by atoms with E-state index >= 15 is 0 Å². The minimum Gasteiger partial charge on any atom is -0.423 e. The Morgan fingerprint density at radius 2 is 1.74 bits per heavy atom. The lowest BCUT2D eigenvalue weighted by Crippen LogP contribution is -2.56. The van der Waals surface area contributed by atoms with E-state index in [4.69, 9.17) is 4.42 Å². The van der Waals surface area contributed by atoms with E-state index in [1.165, 1.54) is 0 Å². The molecule has 0 N–H and O–H groups in total. The van der Waals surface area contributed by atoms with Crippen molar-refractivity contribution < 1.29 is 14.0 Å². The molecule has 0 aliphatic heterocycles. The maximum atomic E-state index is 13.4. The quantitative estimate of drug-likeness (QED) is 0.374. The lowest BCUT2D eigenvalue weighted by Gasteiger charge is -2.60. The van der Waals surface area contributed by atoms with Crippen LogP contribution in [0.5, 0.6) is 0 Å². The Morgan fingerprint density at radius 1 is 1.03 bits per heavy atom. The van der Waals surface area contributed by atoms with Gasteiger partial charge in [-0.2, -0.15) is 0 Å². The van der Waals surface area contributed by atoms with Gasteiger partial charge >= 0.3 is 5.63 Å². The third-order valence-corrected chi connectivity index (χ3v) is 9.52. The third kappa shape index (κ3) is 3.70. The molecule has 1 aromatic rings. The van der Waals surface area contributed by atoms with Gasteiger partial charge in [-0.05, 0) is 80.6 Å². The van der Waals surface area contributed by atoms with Crippen molar-refractivity contribution in [2.45, 2.75) is 80.6 Å². The molecule has 0 unspecified atom stereocenters. The van der Waals surface area contributed by atoms with Crippen LogP contribution in [0.4, 0.5) is 0 Å². The first-order chi connectivity index (χ1) is 15.8. The van der Waals surface area contributed by atoms with Gasteiger partial charge in [0, 0.05) is 34.8 Å². The summed E-state index contributed by atoms with van der Waals surface area (Å²) in [5, 5.41) is 0. The van der Waals surface area contributed by atoms with Crippen molar-refractivity contribution in [2.24, 2.45) is 28.1 Å². The van der Waals surface area contributed by atoms with Crippen LogP contribution in [0.15, 0.2) is 50.7 Å². The Labute approximate surface area is 203 Å². The SMILES string of the molecule is CC(=CC=C/C(C)=C1/C(=O)C[C@H]2[C@@]3(C)CCC(=O)C(C)(C)[C@@H]3CC[C@]12C)c1ccc(C)c(=O)o1. The van der Waals surface area contributed by atoms with Gasteiger partial charge in [-0.15, -0.1) is 0 Å². The smallest absolute Gasteiger partial charge is 0.339 e. The fourth-order valence-corrected chi connectivity index (χ4v) is 7.58. The number of rotatable bonds is 3. The highest BCUT2D eigenvalue weighted by atomic mass is 16.4. The van der Waals surface area contributed by atoms with Crippen molar-refractivity contribution in [3.8, 4) is 0 Å². The van der Waals surface area contributed by atoms with Gasteiger partial charge in [0.2, 0.25) is 0 Å². The summed E-state index contributed by atoms with van der Waals surface area (Å²) in [7, 11) is 0. The second-order valence-electron chi connectivity index (χ2n) is 11.9. The van der Waals surface area contributed by atoms with Crippen molar-refractivity contribution in [1.82, 2.24) is 0 Å². The molecule has 0 amide bonds. The Bertz CT molecular complexity index is 1190. The second-order valence-corrected chi connectivity index (χ2v) is 11.9. The lowest BCUT2D eigenvalue weighted by molar-refractivity contribution is -0.154. The molecule has 0 saturated heterocycles. The van der Waals surface area contributed by atoms with Crippen LogP contribution in [-0.4, -0.2) is 11.6 Å². The molecule has 4 atom stereocenters. The molecule has 4 heteroatoms. The van der Waals surface area contributed by atoms with E-state index in [0.717, 1.165) is 36.0 Å². The lowest BCUT2D eigenvalue weighted by atomic mass is 9.43. The van der Waals surface area contributed by atoms with E-state index in [1.54, 1.807) is 13.0 Å². The summed E-state index contributed by atoms with van der Waals surface area (Å²) >= 11 is 0. The number of Topliss-reactive ketones (excluding diaryl/α,β-unsaturated/α-hetero) is 2. The van der Waals surface area contributed by atoms with E-state index in [0.29, 0.717) is 35.9 Å². The van der Waals surface area contributed by atoms with Gasteiger partial charge in [0.25, 0.3) is 0 Å². The first-order valence-electron chi connectivity index (χ1n) is 12.6. The van der Waals surface area contributed by atoms with Gasteiger partial charge in [0.1, 0.15) is 11.5 Å². The number of allylic oxidation sites excluding steroid dienone is 6. The largest absolute Gasteiger partial charge is 0.423 e. The Hall–Kier alpha value is -2.49. The average molecular weight is 463 g/mol. The molecule has 0 aromatic carbocycles. The Morgan fingerprint density at radius 3 is 2.41 bits per heavy atom. The minimum absolute atomic E-state index is 0.00525. The molecule has 1 heterocycles. The van der Waals surface area contributed by atoms with Crippen LogP contribution >= 0.6 is 0 Å². The van der Waals surface area contributed by atoms with Crippen molar-refractivity contribution in [2.75, 3.05) is 0 Å². The second kappa shape index (κ2) is 8.32. The number of aryl methyl sites for hydroxylation is 1. The van der Waals surface area contributed by atoms with Gasteiger partial charge < -0.3 is 4.42 Å². The van der Waals surface area contributed by atoms with Gasteiger partial charge in [-0.25, -0.2) is 4.79 Å². The molecular formula is C30H38O4. The molecule has 1 aromatic heterocycles. The molecule has 3 saturated carbocycles. The van der Waals surface area contributed by atoms with Gasteiger partial charge in [0.05, 0.1) is 0 Å². The fraction of sp³-hybridized carbons (Fsp3) is 0.567. The van der Waals surface area contributed by atoms with Crippen LogP contribution in [0.25, 0.3) is 5.57 Å². The molecule has 3 aliphatic rings. The summed E-state index contributed by atoms with van der Waals surface area (Å²) < 4.78 is 5.37. The maximum absolute atomic E-state index is 13.4. The predicted octanol–water partition coefficient (Wildman–Crippen LogP) is 6.62. The van der Waals surface area contributed by atoms with Crippen LogP contribution in [0.3, 0.4) is 0 Å². The van der Waals surface area contributed by atoms with Crippen LogP contribution in [0.2, 0.25) is 0 Å². The zero-order chi connectivity index (χ0) is 25.1. The number of carbonyl (C=O) groups excluding carboxylic acids is 2. The van der Waals surface area contributed by atoms with Crippen molar-refractivity contribution >= 4 is 17.1 Å². The molecular weight excluding hydrogens is 424 g/mol. The molecule has 3 aliphatic carbocycles. The zero-order valence-electron chi connectivity index (χ0n) is 21.7. The summed E-state index contributed by atoms with van der Waals surface area (Å²) in [5.74, 6) is 1.80. The number of hydrogen-bond acceptors (Lipinski definition) is 4. The number of fused-ring (bicyclic) bond motifs is 3. The molecule has 4 nitrogen and oxygen atoms in total. The Balaban J connectivity index is 1.64. The number of ketones is 2. The fourth-order valence-electron chi connectivity index (χ4n) is 7.58. The van der Waals surface area contributed by atoms with Gasteiger partial charge in [-0.1, -0.05) is 45.9 Å². The standard InChI is InChI=1S/C30H38O4/c1-18(22-12-11-20(3)27(33)34-22)9-8-10-19(2)26-21(31)17-24-29(6)16-14-25(32)28(4,5)23(29)13-15-30(24,26)7/h8-12,23-24H,13-17H2,1-7H3/b10-8?,18-9?,26-19-/t23-,24-,29-,30-/m0/s1. The summed E-state index contributed by atoms with van der Waals surface area (Å²) in [6.45, 7) is 14.5. The van der Waals surface area contributed by atoms with Crippen molar-refractivity contribution in [3.63, 3.8) is 0 Å². The molecule has 0 spiro atoms.